The molecule has 18 heavy (non-hydrogen) atoms. The van der Waals surface area contributed by atoms with Crippen molar-refractivity contribution in [2.75, 3.05) is 0 Å². The molecule has 3 N–H and O–H groups in total. The van der Waals surface area contributed by atoms with Crippen LogP contribution in [0.1, 0.15) is 26.4 Å². The number of pyridine rings is 1. The lowest BCUT2D eigenvalue weighted by atomic mass is 10.1. The molecule has 2 rings (SSSR count). The van der Waals surface area contributed by atoms with Gasteiger partial charge in [0, 0.05) is 11.9 Å². The van der Waals surface area contributed by atoms with Gasteiger partial charge in [-0.2, -0.15) is 0 Å². The number of aromatic carboxylic acids is 2. The summed E-state index contributed by atoms with van der Waals surface area (Å²) in [5, 5.41) is 18.2. The van der Waals surface area contributed by atoms with Crippen LogP contribution in [0, 0.1) is 6.92 Å². The zero-order valence-electron chi connectivity index (χ0n) is 9.47. The first kappa shape index (κ1) is 11.8. The Hall–Kier alpha value is -2.63. The van der Waals surface area contributed by atoms with E-state index in [9.17, 15) is 9.59 Å². The van der Waals surface area contributed by atoms with Crippen LogP contribution >= 0.6 is 0 Å². The monoisotopic (exact) mass is 246 g/mol. The normalized spacial score (nSPS) is 10.3. The molecule has 0 radical (unpaired) electrons. The second-order valence-corrected chi connectivity index (χ2v) is 3.70. The molecular weight excluding hydrogens is 236 g/mol. The molecule has 6 heteroatoms. The van der Waals surface area contributed by atoms with Gasteiger partial charge in [-0.3, -0.25) is 4.98 Å². The van der Waals surface area contributed by atoms with Crippen molar-refractivity contribution in [1.29, 1.82) is 0 Å². The Morgan fingerprint density at radius 1 is 1.17 bits per heavy atom. The number of hydrogen-bond donors (Lipinski definition) is 3. The third-order valence-corrected chi connectivity index (χ3v) is 2.54. The molecule has 0 aliphatic heterocycles. The van der Waals surface area contributed by atoms with Gasteiger partial charge in [0.2, 0.25) is 0 Å². The van der Waals surface area contributed by atoms with Crippen LogP contribution in [0.15, 0.2) is 24.4 Å². The number of nitrogens with zero attached hydrogens (tertiary/aromatic N) is 1. The molecule has 0 bridgehead atoms. The molecule has 0 saturated heterocycles. The van der Waals surface area contributed by atoms with Gasteiger partial charge in [0.25, 0.3) is 0 Å². The van der Waals surface area contributed by atoms with Gasteiger partial charge >= 0.3 is 11.9 Å². The fraction of sp³-hybridized carbons (Fsp3) is 0.0833. The van der Waals surface area contributed by atoms with Gasteiger partial charge in [0.1, 0.15) is 5.56 Å². The number of nitrogens with one attached hydrogen (secondary N) is 1. The first-order valence-electron chi connectivity index (χ1n) is 5.13. The highest BCUT2D eigenvalue weighted by Gasteiger charge is 2.26. The maximum atomic E-state index is 11.2. The number of aryl methyl sites for hydroxylation is 1. The summed E-state index contributed by atoms with van der Waals surface area (Å²) in [5.41, 5.74) is 0.394. The minimum absolute atomic E-state index is 0.206. The fourth-order valence-corrected chi connectivity index (χ4v) is 1.81. The van der Waals surface area contributed by atoms with E-state index in [1.54, 1.807) is 18.2 Å². The largest absolute Gasteiger partial charge is 0.478 e. The van der Waals surface area contributed by atoms with Crippen molar-refractivity contribution in [2.24, 2.45) is 0 Å². The van der Waals surface area contributed by atoms with Crippen molar-refractivity contribution in [3.05, 3.63) is 41.2 Å². The van der Waals surface area contributed by atoms with Crippen LogP contribution in [0.2, 0.25) is 0 Å². The Morgan fingerprint density at radius 2 is 1.83 bits per heavy atom. The SMILES string of the molecule is Cc1[nH]c(-c2ccccn2)c(C(=O)O)c1C(=O)O. The van der Waals surface area contributed by atoms with Crippen LogP contribution < -0.4 is 0 Å². The third kappa shape index (κ3) is 1.84. The molecule has 92 valence electrons. The van der Waals surface area contributed by atoms with E-state index >= 15 is 0 Å². The van der Waals surface area contributed by atoms with Crippen molar-refractivity contribution in [2.45, 2.75) is 6.92 Å². The lowest BCUT2D eigenvalue weighted by Crippen LogP contribution is -2.07. The van der Waals surface area contributed by atoms with Crippen LogP contribution in [0.25, 0.3) is 11.4 Å². The van der Waals surface area contributed by atoms with Crippen LogP contribution in [0.3, 0.4) is 0 Å². The predicted molar refractivity (Wildman–Crippen MR) is 62.7 cm³/mol. The van der Waals surface area contributed by atoms with Gasteiger partial charge in [0.05, 0.1) is 17.0 Å². The number of carbonyl (C=O) groups is 2. The first-order valence-corrected chi connectivity index (χ1v) is 5.13. The second-order valence-electron chi connectivity index (χ2n) is 3.70. The van der Waals surface area contributed by atoms with Crippen LogP contribution in [-0.2, 0) is 0 Å². The standard InChI is InChI=1S/C12H10N2O4/c1-6-8(11(15)16)9(12(17)18)10(14-6)7-4-2-3-5-13-7/h2-5,14H,1H3,(H,15,16)(H,17,18). The van der Waals surface area contributed by atoms with Crippen LogP contribution in [0.5, 0.6) is 0 Å². The van der Waals surface area contributed by atoms with E-state index in [-0.39, 0.29) is 16.8 Å². The molecule has 0 unspecified atom stereocenters. The number of rotatable bonds is 3. The highest BCUT2D eigenvalue weighted by Crippen LogP contribution is 2.26. The third-order valence-electron chi connectivity index (χ3n) is 2.54. The van der Waals surface area contributed by atoms with Crippen molar-refractivity contribution in [1.82, 2.24) is 9.97 Å². The number of carboxylic acid groups (broad SMARTS) is 2. The summed E-state index contributed by atoms with van der Waals surface area (Å²) in [6.07, 6.45) is 1.51. The number of H-pyrrole nitrogens is 1. The van der Waals surface area contributed by atoms with Gasteiger partial charge in [-0.05, 0) is 19.1 Å². The minimum atomic E-state index is -1.29. The van der Waals surface area contributed by atoms with E-state index in [0.717, 1.165) is 0 Å². The van der Waals surface area contributed by atoms with E-state index in [2.05, 4.69) is 9.97 Å². The number of hydrogen-bond acceptors (Lipinski definition) is 3. The highest BCUT2D eigenvalue weighted by atomic mass is 16.4. The average molecular weight is 246 g/mol. The molecule has 0 fully saturated rings. The number of carboxylic acids is 2. The summed E-state index contributed by atoms with van der Waals surface area (Å²) < 4.78 is 0. The van der Waals surface area contributed by atoms with Crippen LogP contribution in [-0.4, -0.2) is 32.1 Å². The summed E-state index contributed by atoms with van der Waals surface area (Å²) in [6.45, 7) is 1.52. The zero-order valence-corrected chi connectivity index (χ0v) is 9.47. The Bertz CT molecular complexity index is 617. The molecule has 0 atom stereocenters. The summed E-state index contributed by atoms with van der Waals surface area (Å²) in [5.74, 6) is -2.57. The number of aromatic nitrogens is 2. The molecule has 0 aliphatic carbocycles. The maximum Gasteiger partial charge on any atom is 0.338 e. The van der Waals surface area contributed by atoms with Crippen molar-refractivity contribution in [3.8, 4) is 11.4 Å². The van der Waals surface area contributed by atoms with Crippen LogP contribution in [0.4, 0.5) is 0 Å². The van der Waals surface area contributed by atoms with E-state index < -0.39 is 11.9 Å². The summed E-state index contributed by atoms with van der Waals surface area (Å²) >= 11 is 0. The Kier molecular flexibility index (Phi) is 2.85. The van der Waals surface area contributed by atoms with Gasteiger partial charge in [0.15, 0.2) is 0 Å². The van der Waals surface area contributed by atoms with E-state index in [4.69, 9.17) is 10.2 Å². The molecule has 2 aromatic rings. The van der Waals surface area contributed by atoms with E-state index in [1.807, 2.05) is 0 Å². The molecule has 0 saturated carbocycles. The zero-order chi connectivity index (χ0) is 13.3. The summed E-state index contributed by atoms with van der Waals surface area (Å²) in [6, 6.07) is 5.01. The lowest BCUT2D eigenvalue weighted by Gasteiger charge is -2.00. The topological polar surface area (TPSA) is 103 Å². The molecule has 0 aromatic carbocycles. The minimum Gasteiger partial charge on any atom is -0.478 e. The van der Waals surface area contributed by atoms with E-state index in [0.29, 0.717) is 11.4 Å². The van der Waals surface area contributed by atoms with Crippen molar-refractivity contribution < 1.29 is 19.8 Å². The molecule has 0 amide bonds. The Balaban J connectivity index is 2.73. The molecule has 6 nitrogen and oxygen atoms in total. The Labute approximate surface area is 102 Å². The van der Waals surface area contributed by atoms with E-state index in [1.165, 1.54) is 13.1 Å². The fourth-order valence-electron chi connectivity index (χ4n) is 1.81. The summed E-state index contributed by atoms with van der Waals surface area (Å²) in [4.78, 5) is 29.1. The van der Waals surface area contributed by atoms with Gasteiger partial charge in [-0.1, -0.05) is 6.07 Å². The highest BCUT2D eigenvalue weighted by molar-refractivity contribution is 6.07. The van der Waals surface area contributed by atoms with Crippen molar-refractivity contribution >= 4 is 11.9 Å². The summed E-state index contributed by atoms with van der Waals surface area (Å²) in [7, 11) is 0. The Morgan fingerprint density at radius 3 is 2.33 bits per heavy atom. The molecule has 0 spiro atoms. The lowest BCUT2D eigenvalue weighted by molar-refractivity contribution is 0.0652. The van der Waals surface area contributed by atoms with Crippen molar-refractivity contribution in [3.63, 3.8) is 0 Å². The van der Waals surface area contributed by atoms with Gasteiger partial charge < -0.3 is 15.2 Å². The van der Waals surface area contributed by atoms with Gasteiger partial charge in [-0.25, -0.2) is 9.59 Å². The number of aromatic amines is 1. The van der Waals surface area contributed by atoms with Gasteiger partial charge in [-0.15, -0.1) is 0 Å². The molecule has 2 heterocycles. The molecule has 0 aliphatic rings. The molecule has 2 aromatic heterocycles. The quantitative estimate of drug-likeness (QED) is 0.765. The predicted octanol–water partition coefficient (Wildman–Crippen LogP) is 1.78. The average Bonchev–Trinajstić information content (AvgIpc) is 2.68. The maximum absolute atomic E-state index is 11.2. The first-order chi connectivity index (χ1) is 8.52. The second kappa shape index (κ2) is 4.33. The molecular formula is C12H10N2O4. The smallest absolute Gasteiger partial charge is 0.338 e.